The monoisotopic (exact) mass is 327 g/mol. The van der Waals surface area contributed by atoms with Gasteiger partial charge in [-0.3, -0.25) is 4.99 Å². The average molecular weight is 327 g/mol. The van der Waals surface area contributed by atoms with E-state index in [1.54, 1.807) is 12.1 Å². The Bertz CT molecular complexity index is 743. The molecule has 0 bridgehead atoms. The number of halogens is 1. The molecular weight excluding hydrogens is 305 g/mol. The highest BCUT2D eigenvalue weighted by molar-refractivity contribution is 6.01. The van der Waals surface area contributed by atoms with Gasteiger partial charge in [0, 0.05) is 32.9 Å². The first-order valence-corrected chi connectivity index (χ1v) is 8.11. The van der Waals surface area contributed by atoms with Gasteiger partial charge in [0.15, 0.2) is 0 Å². The third-order valence-electron chi connectivity index (χ3n) is 3.93. The Kier molecular flexibility index (Phi) is 4.99. The molecule has 0 radical (unpaired) electrons. The van der Waals surface area contributed by atoms with Gasteiger partial charge < -0.3 is 15.0 Å². The normalized spacial score (nSPS) is 13.9. The van der Waals surface area contributed by atoms with E-state index in [-0.39, 0.29) is 5.82 Å². The van der Waals surface area contributed by atoms with Gasteiger partial charge in [0.1, 0.15) is 24.0 Å². The molecule has 1 aliphatic heterocycles. The molecule has 0 fully saturated rings. The van der Waals surface area contributed by atoms with Crippen molar-refractivity contribution < 1.29 is 9.13 Å². The van der Waals surface area contributed by atoms with E-state index < -0.39 is 0 Å². The SMILES string of the molecule is CN(C)c1cccc(COc2cccc(F)c2C2=NCCCN2)c1. The second kappa shape index (κ2) is 7.34. The van der Waals surface area contributed by atoms with Crippen LogP contribution in [0.15, 0.2) is 47.5 Å². The molecule has 0 saturated heterocycles. The summed E-state index contributed by atoms with van der Waals surface area (Å²) < 4.78 is 20.2. The minimum Gasteiger partial charge on any atom is -0.488 e. The number of nitrogens with zero attached hydrogens (tertiary/aromatic N) is 2. The summed E-state index contributed by atoms with van der Waals surface area (Å²) in [5.74, 6) is 0.775. The van der Waals surface area contributed by atoms with Crippen LogP contribution >= 0.6 is 0 Å². The van der Waals surface area contributed by atoms with Crippen molar-refractivity contribution in [2.45, 2.75) is 13.0 Å². The minimum atomic E-state index is -0.317. The summed E-state index contributed by atoms with van der Waals surface area (Å²) in [6.45, 7) is 1.89. The smallest absolute Gasteiger partial charge is 0.137 e. The summed E-state index contributed by atoms with van der Waals surface area (Å²) >= 11 is 0. The van der Waals surface area contributed by atoms with Crippen LogP contribution in [0.25, 0.3) is 0 Å². The fourth-order valence-corrected chi connectivity index (χ4v) is 2.64. The molecule has 126 valence electrons. The first-order chi connectivity index (χ1) is 11.6. The predicted molar refractivity (Wildman–Crippen MR) is 95.5 cm³/mol. The summed E-state index contributed by atoms with van der Waals surface area (Å²) in [6.07, 6.45) is 0.964. The Morgan fingerprint density at radius 1 is 1.21 bits per heavy atom. The van der Waals surface area contributed by atoms with Crippen molar-refractivity contribution >= 4 is 11.5 Å². The molecule has 0 amide bonds. The van der Waals surface area contributed by atoms with Crippen molar-refractivity contribution in [1.82, 2.24) is 5.32 Å². The minimum absolute atomic E-state index is 0.317. The molecule has 0 saturated carbocycles. The predicted octanol–water partition coefficient (Wildman–Crippen LogP) is 3.21. The van der Waals surface area contributed by atoms with E-state index in [0.717, 1.165) is 24.2 Å². The zero-order valence-corrected chi connectivity index (χ0v) is 14.1. The summed E-state index contributed by atoms with van der Waals surface area (Å²) in [4.78, 5) is 6.43. The average Bonchev–Trinajstić information content (AvgIpc) is 2.61. The number of ether oxygens (including phenoxy) is 1. The maximum absolute atomic E-state index is 14.3. The van der Waals surface area contributed by atoms with Gasteiger partial charge >= 0.3 is 0 Å². The zero-order chi connectivity index (χ0) is 16.9. The number of aliphatic imine (C=N–C) groups is 1. The highest BCUT2D eigenvalue weighted by atomic mass is 19.1. The topological polar surface area (TPSA) is 36.9 Å². The van der Waals surface area contributed by atoms with Crippen molar-refractivity contribution in [3.05, 3.63) is 59.4 Å². The second-order valence-corrected chi connectivity index (χ2v) is 5.98. The first-order valence-electron chi connectivity index (χ1n) is 8.11. The maximum atomic E-state index is 14.3. The summed E-state index contributed by atoms with van der Waals surface area (Å²) in [6, 6.07) is 13.0. The number of nitrogens with one attached hydrogen (secondary N) is 1. The van der Waals surface area contributed by atoms with E-state index in [0.29, 0.717) is 30.3 Å². The molecule has 0 aliphatic carbocycles. The van der Waals surface area contributed by atoms with Gasteiger partial charge in [-0.1, -0.05) is 18.2 Å². The van der Waals surface area contributed by atoms with E-state index >= 15 is 0 Å². The number of anilines is 1. The molecule has 0 unspecified atom stereocenters. The molecule has 4 nitrogen and oxygen atoms in total. The molecule has 2 aromatic rings. The van der Waals surface area contributed by atoms with Crippen LogP contribution in [-0.4, -0.2) is 33.0 Å². The van der Waals surface area contributed by atoms with Gasteiger partial charge in [0.2, 0.25) is 0 Å². The Balaban J connectivity index is 1.82. The molecule has 1 heterocycles. The van der Waals surface area contributed by atoms with E-state index in [4.69, 9.17) is 4.74 Å². The molecular formula is C19H22FN3O. The van der Waals surface area contributed by atoms with Crippen molar-refractivity contribution in [2.24, 2.45) is 4.99 Å². The Morgan fingerprint density at radius 2 is 2.04 bits per heavy atom. The lowest BCUT2D eigenvalue weighted by molar-refractivity contribution is 0.303. The van der Waals surface area contributed by atoms with Gasteiger partial charge in [-0.05, 0) is 36.2 Å². The molecule has 0 aromatic heterocycles. The largest absolute Gasteiger partial charge is 0.488 e. The molecule has 5 heteroatoms. The van der Waals surface area contributed by atoms with Gasteiger partial charge in [0.05, 0.1) is 5.56 Å². The van der Waals surface area contributed by atoms with Crippen LogP contribution in [0.3, 0.4) is 0 Å². The fourth-order valence-electron chi connectivity index (χ4n) is 2.64. The lowest BCUT2D eigenvalue weighted by atomic mass is 10.1. The highest BCUT2D eigenvalue weighted by Gasteiger charge is 2.17. The summed E-state index contributed by atoms with van der Waals surface area (Å²) in [5.41, 5.74) is 2.56. The molecule has 2 aromatic carbocycles. The van der Waals surface area contributed by atoms with Crippen LogP contribution in [0.2, 0.25) is 0 Å². The first kappa shape index (κ1) is 16.3. The standard InChI is InChI=1S/C19H22FN3O/c1-23(2)15-7-3-6-14(12-15)13-24-17-9-4-8-16(20)18(17)19-21-10-5-11-22-19/h3-4,6-9,12H,5,10-11,13H2,1-2H3,(H,21,22). The molecule has 0 atom stereocenters. The van der Waals surface area contributed by atoms with Crippen LogP contribution in [0, 0.1) is 5.82 Å². The molecule has 1 aliphatic rings. The molecule has 0 spiro atoms. The third-order valence-corrected chi connectivity index (χ3v) is 3.93. The Labute approximate surface area is 142 Å². The van der Waals surface area contributed by atoms with Gasteiger partial charge in [-0.2, -0.15) is 0 Å². The van der Waals surface area contributed by atoms with Gasteiger partial charge in [-0.15, -0.1) is 0 Å². The number of hydrogen-bond acceptors (Lipinski definition) is 4. The van der Waals surface area contributed by atoms with E-state index in [9.17, 15) is 4.39 Å². The fraction of sp³-hybridized carbons (Fsp3) is 0.316. The summed E-state index contributed by atoms with van der Waals surface area (Å²) in [5, 5.41) is 3.16. The van der Waals surface area contributed by atoms with Crippen LogP contribution in [0.4, 0.5) is 10.1 Å². The van der Waals surface area contributed by atoms with Crippen molar-refractivity contribution in [2.75, 3.05) is 32.1 Å². The number of amidine groups is 1. The lowest BCUT2D eigenvalue weighted by Crippen LogP contribution is -2.31. The van der Waals surface area contributed by atoms with Crippen molar-refractivity contribution in [1.29, 1.82) is 0 Å². The lowest BCUT2D eigenvalue weighted by Gasteiger charge is -2.19. The van der Waals surface area contributed by atoms with E-state index in [2.05, 4.69) is 16.4 Å². The van der Waals surface area contributed by atoms with Crippen molar-refractivity contribution in [3.8, 4) is 5.75 Å². The van der Waals surface area contributed by atoms with Gasteiger partial charge in [0.25, 0.3) is 0 Å². The Morgan fingerprint density at radius 3 is 2.79 bits per heavy atom. The van der Waals surface area contributed by atoms with E-state index in [1.165, 1.54) is 6.07 Å². The second-order valence-electron chi connectivity index (χ2n) is 5.98. The molecule has 24 heavy (non-hydrogen) atoms. The van der Waals surface area contributed by atoms with Crippen LogP contribution in [0.1, 0.15) is 17.5 Å². The molecule has 1 N–H and O–H groups in total. The number of benzene rings is 2. The van der Waals surface area contributed by atoms with Crippen LogP contribution in [0.5, 0.6) is 5.75 Å². The molecule has 3 rings (SSSR count). The number of hydrogen-bond donors (Lipinski definition) is 1. The van der Waals surface area contributed by atoms with Crippen LogP contribution < -0.4 is 15.0 Å². The van der Waals surface area contributed by atoms with Gasteiger partial charge in [-0.25, -0.2) is 4.39 Å². The van der Waals surface area contributed by atoms with Crippen molar-refractivity contribution in [3.63, 3.8) is 0 Å². The maximum Gasteiger partial charge on any atom is 0.137 e. The zero-order valence-electron chi connectivity index (χ0n) is 14.1. The number of rotatable bonds is 5. The third kappa shape index (κ3) is 3.67. The Hall–Kier alpha value is -2.56. The van der Waals surface area contributed by atoms with Crippen LogP contribution in [-0.2, 0) is 6.61 Å². The van der Waals surface area contributed by atoms with E-state index in [1.807, 2.05) is 37.2 Å². The summed E-state index contributed by atoms with van der Waals surface area (Å²) in [7, 11) is 4.00. The highest BCUT2D eigenvalue weighted by Crippen LogP contribution is 2.24. The quantitative estimate of drug-likeness (QED) is 0.916.